The predicted molar refractivity (Wildman–Crippen MR) is 91.3 cm³/mol. The number of ether oxygens (including phenoxy) is 1. The van der Waals surface area contributed by atoms with Gasteiger partial charge in [-0.1, -0.05) is 0 Å². The Morgan fingerprint density at radius 2 is 2.10 bits per heavy atom. The molecule has 0 aromatic heterocycles. The van der Waals surface area contributed by atoms with Crippen LogP contribution in [0.4, 0.5) is 5.69 Å². The number of rotatable bonds is 7. The fraction of sp³-hybridized carbons (Fsp3) is 0.467. The van der Waals surface area contributed by atoms with Crippen LogP contribution in [0.3, 0.4) is 0 Å². The third-order valence-electron chi connectivity index (χ3n) is 2.88. The van der Waals surface area contributed by atoms with Crippen LogP contribution >= 0.6 is 22.6 Å². The highest BCUT2D eigenvalue weighted by atomic mass is 127. The Morgan fingerprint density at radius 3 is 2.71 bits per heavy atom. The number of aryl methyl sites for hydroxylation is 1. The Morgan fingerprint density at radius 1 is 1.38 bits per heavy atom. The molecule has 21 heavy (non-hydrogen) atoms. The van der Waals surface area contributed by atoms with Gasteiger partial charge in [-0.3, -0.25) is 14.5 Å². The molecule has 0 radical (unpaired) electrons. The van der Waals surface area contributed by atoms with Gasteiger partial charge in [0.15, 0.2) is 0 Å². The third kappa shape index (κ3) is 6.90. The number of halogens is 1. The minimum absolute atomic E-state index is 0.0920. The van der Waals surface area contributed by atoms with E-state index in [1.165, 1.54) is 0 Å². The molecular formula is C15H21IN2O3. The number of benzene rings is 1. The first-order valence-corrected chi connectivity index (χ1v) is 7.90. The van der Waals surface area contributed by atoms with E-state index in [0.29, 0.717) is 19.6 Å². The molecule has 0 spiro atoms. The molecule has 1 amide bonds. The Balaban J connectivity index is 2.40. The Bertz CT molecular complexity index is 506. The minimum atomic E-state index is -0.238. The van der Waals surface area contributed by atoms with Crippen LogP contribution in [0.2, 0.25) is 0 Å². The first-order chi connectivity index (χ1) is 9.92. The molecule has 0 aliphatic carbocycles. The van der Waals surface area contributed by atoms with E-state index in [1.54, 1.807) is 18.9 Å². The molecule has 0 bridgehead atoms. The maximum Gasteiger partial charge on any atom is 0.307 e. The van der Waals surface area contributed by atoms with Crippen molar-refractivity contribution < 1.29 is 14.3 Å². The predicted octanol–water partition coefficient (Wildman–Crippen LogP) is 2.42. The number of nitrogens with one attached hydrogen (secondary N) is 1. The van der Waals surface area contributed by atoms with Crippen molar-refractivity contribution in [3.05, 3.63) is 27.3 Å². The summed E-state index contributed by atoms with van der Waals surface area (Å²) in [4.78, 5) is 25.0. The Hall–Kier alpha value is -1.15. The maximum absolute atomic E-state index is 12.0. The Kier molecular flexibility index (Phi) is 7.66. The molecule has 0 aliphatic rings. The number of nitrogens with zero attached hydrogens (tertiary/aromatic N) is 1. The smallest absolute Gasteiger partial charge is 0.307 e. The second kappa shape index (κ2) is 8.99. The van der Waals surface area contributed by atoms with E-state index in [1.807, 2.05) is 25.1 Å². The van der Waals surface area contributed by atoms with Crippen LogP contribution in [-0.2, 0) is 14.3 Å². The van der Waals surface area contributed by atoms with Crippen molar-refractivity contribution in [2.75, 3.05) is 32.1 Å². The van der Waals surface area contributed by atoms with Gasteiger partial charge in [0.05, 0.1) is 19.6 Å². The minimum Gasteiger partial charge on any atom is -0.466 e. The molecule has 116 valence electrons. The van der Waals surface area contributed by atoms with Gasteiger partial charge in [0.2, 0.25) is 5.91 Å². The lowest BCUT2D eigenvalue weighted by Gasteiger charge is -2.16. The van der Waals surface area contributed by atoms with Gasteiger partial charge in [0.1, 0.15) is 0 Å². The van der Waals surface area contributed by atoms with Crippen LogP contribution in [0.1, 0.15) is 18.9 Å². The second-order valence-electron chi connectivity index (χ2n) is 4.80. The molecule has 0 atom stereocenters. The summed E-state index contributed by atoms with van der Waals surface area (Å²) in [7, 11) is 1.81. The highest BCUT2D eigenvalue weighted by Crippen LogP contribution is 2.17. The van der Waals surface area contributed by atoms with Crippen LogP contribution in [-0.4, -0.2) is 43.5 Å². The van der Waals surface area contributed by atoms with Crippen molar-refractivity contribution in [3.8, 4) is 0 Å². The van der Waals surface area contributed by atoms with Gasteiger partial charge in [0.25, 0.3) is 0 Å². The number of esters is 1. The zero-order valence-corrected chi connectivity index (χ0v) is 14.8. The van der Waals surface area contributed by atoms with Gasteiger partial charge in [-0.25, -0.2) is 0 Å². The van der Waals surface area contributed by atoms with Gasteiger partial charge in [-0.2, -0.15) is 0 Å². The summed E-state index contributed by atoms with van der Waals surface area (Å²) in [6.45, 7) is 4.86. The molecular weight excluding hydrogens is 383 g/mol. The monoisotopic (exact) mass is 404 g/mol. The topological polar surface area (TPSA) is 58.6 Å². The zero-order valence-electron chi connectivity index (χ0n) is 12.6. The van der Waals surface area contributed by atoms with Crippen LogP contribution in [0.15, 0.2) is 18.2 Å². The van der Waals surface area contributed by atoms with Crippen molar-refractivity contribution in [1.82, 2.24) is 4.90 Å². The second-order valence-corrected chi connectivity index (χ2v) is 6.05. The summed E-state index contributed by atoms with van der Waals surface area (Å²) in [6, 6.07) is 5.86. The lowest BCUT2D eigenvalue weighted by molar-refractivity contribution is -0.143. The van der Waals surface area contributed by atoms with Crippen molar-refractivity contribution >= 4 is 40.2 Å². The fourth-order valence-corrected chi connectivity index (χ4v) is 2.44. The van der Waals surface area contributed by atoms with Crippen LogP contribution in [0.25, 0.3) is 0 Å². The molecule has 1 N–H and O–H groups in total. The zero-order chi connectivity index (χ0) is 15.8. The normalized spacial score (nSPS) is 10.5. The lowest BCUT2D eigenvalue weighted by atomic mass is 10.2. The maximum atomic E-state index is 12.0. The van der Waals surface area contributed by atoms with E-state index < -0.39 is 0 Å². The molecule has 0 heterocycles. The number of carbonyl (C=O) groups excluding carboxylic acids is 2. The van der Waals surface area contributed by atoms with Gasteiger partial charge < -0.3 is 10.1 Å². The van der Waals surface area contributed by atoms with Gasteiger partial charge in [0, 0.05) is 15.8 Å². The molecule has 0 unspecified atom stereocenters. The standard InChI is InChI=1S/C15H21IN2O3/c1-4-21-15(20)7-8-18(3)10-14(19)17-13-6-5-12(16)9-11(13)2/h5-6,9H,4,7-8,10H2,1-3H3,(H,17,19). The molecule has 0 saturated heterocycles. The summed E-state index contributed by atoms with van der Waals surface area (Å²) in [5, 5.41) is 2.88. The summed E-state index contributed by atoms with van der Waals surface area (Å²) < 4.78 is 5.99. The molecule has 0 saturated carbocycles. The number of anilines is 1. The van der Waals surface area contributed by atoms with Gasteiger partial charge in [-0.15, -0.1) is 0 Å². The largest absolute Gasteiger partial charge is 0.466 e. The average molecular weight is 404 g/mol. The van der Waals surface area contributed by atoms with Crippen molar-refractivity contribution in [2.24, 2.45) is 0 Å². The van der Waals surface area contributed by atoms with Crippen molar-refractivity contribution in [1.29, 1.82) is 0 Å². The number of likely N-dealkylation sites (N-methyl/N-ethyl adjacent to an activating group) is 1. The van der Waals surface area contributed by atoms with Gasteiger partial charge >= 0.3 is 5.97 Å². The van der Waals surface area contributed by atoms with E-state index >= 15 is 0 Å². The van der Waals surface area contributed by atoms with E-state index in [9.17, 15) is 9.59 Å². The summed E-state index contributed by atoms with van der Waals surface area (Å²) >= 11 is 2.23. The van der Waals surface area contributed by atoms with E-state index in [4.69, 9.17) is 4.74 Å². The van der Waals surface area contributed by atoms with E-state index in [-0.39, 0.29) is 18.4 Å². The first-order valence-electron chi connectivity index (χ1n) is 6.82. The third-order valence-corrected chi connectivity index (χ3v) is 3.55. The van der Waals surface area contributed by atoms with Crippen LogP contribution in [0.5, 0.6) is 0 Å². The summed E-state index contributed by atoms with van der Waals surface area (Å²) in [6.07, 6.45) is 0.292. The SMILES string of the molecule is CCOC(=O)CCN(C)CC(=O)Nc1ccc(I)cc1C. The molecule has 0 fully saturated rings. The molecule has 0 aliphatic heterocycles. The highest BCUT2D eigenvalue weighted by Gasteiger charge is 2.10. The lowest BCUT2D eigenvalue weighted by Crippen LogP contribution is -2.32. The molecule has 1 rings (SSSR count). The van der Waals surface area contributed by atoms with Crippen molar-refractivity contribution in [2.45, 2.75) is 20.3 Å². The number of carbonyl (C=O) groups is 2. The molecule has 6 heteroatoms. The summed E-state index contributed by atoms with van der Waals surface area (Å²) in [5.41, 5.74) is 1.85. The van der Waals surface area contributed by atoms with E-state index in [2.05, 4.69) is 27.9 Å². The average Bonchev–Trinajstić information content (AvgIpc) is 2.40. The number of hydrogen-bond acceptors (Lipinski definition) is 4. The van der Waals surface area contributed by atoms with Gasteiger partial charge in [-0.05, 0) is 67.2 Å². The van der Waals surface area contributed by atoms with Crippen molar-refractivity contribution in [3.63, 3.8) is 0 Å². The van der Waals surface area contributed by atoms with E-state index in [0.717, 1.165) is 14.8 Å². The van der Waals surface area contributed by atoms with Crippen LogP contribution in [0, 0.1) is 10.5 Å². The van der Waals surface area contributed by atoms with Crippen LogP contribution < -0.4 is 5.32 Å². The first kappa shape index (κ1) is 17.9. The number of amides is 1. The quantitative estimate of drug-likeness (QED) is 0.560. The Labute approximate surface area is 139 Å². The molecule has 1 aromatic rings. The summed E-state index contributed by atoms with van der Waals surface area (Å²) in [5.74, 6) is -0.330. The highest BCUT2D eigenvalue weighted by molar-refractivity contribution is 14.1. The molecule has 1 aromatic carbocycles. The molecule has 5 nitrogen and oxygen atoms in total. The number of hydrogen-bond donors (Lipinski definition) is 1. The fourth-order valence-electron chi connectivity index (χ4n) is 1.80.